The maximum absolute atomic E-state index is 12.8. The summed E-state index contributed by atoms with van der Waals surface area (Å²) in [5.74, 6) is 1.05. The summed E-state index contributed by atoms with van der Waals surface area (Å²) in [4.78, 5) is 26.2. The molecule has 5 nitrogen and oxygen atoms in total. The molecule has 2 aliphatic rings. The number of hydrogen-bond acceptors (Lipinski definition) is 3. The molecule has 1 saturated heterocycles. The summed E-state index contributed by atoms with van der Waals surface area (Å²) in [6.45, 7) is 4.19. The first-order valence-corrected chi connectivity index (χ1v) is 8.32. The van der Waals surface area contributed by atoms with Crippen molar-refractivity contribution in [3.63, 3.8) is 0 Å². The minimum Gasteiger partial charge on any atom is -0.344 e. The Kier molecular flexibility index (Phi) is 6.03. The molecule has 120 valence electrons. The molecule has 1 aliphatic heterocycles. The SMILES string of the molecule is CNCC1CCN(C(=O)C(NC(C)=O)C2CCCC2)CC1. The molecule has 2 N–H and O–H groups in total. The summed E-state index contributed by atoms with van der Waals surface area (Å²) in [6, 6.07) is -0.300. The van der Waals surface area contributed by atoms with Crippen molar-refractivity contribution in [3.8, 4) is 0 Å². The molecular weight excluding hydrogens is 266 g/mol. The summed E-state index contributed by atoms with van der Waals surface area (Å²) in [5, 5.41) is 6.13. The molecule has 2 rings (SSSR count). The predicted molar refractivity (Wildman–Crippen MR) is 82.8 cm³/mol. The highest BCUT2D eigenvalue weighted by atomic mass is 16.2. The molecule has 1 atom stereocenters. The van der Waals surface area contributed by atoms with Crippen LogP contribution in [-0.4, -0.2) is 49.4 Å². The first-order valence-electron chi connectivity index (χ1n) is 8.32. The van der Waals surface area contributed by atoms with Crippen LogP contribution in [0.5, 0.6) is 0 Å². The molecule has 1 heterocycles. The Morgan fingerprint density at radius 3 is 2.29 bits per heavy atom. The van der Waals surface area contributed by atoms with Crippen LogP contribution >= 0.6 is 0 Å². The molecule has 0 bridgehead atoms. The van der Waals surface area contributed by atoms with Crippen molar-refractivity contribution < 1.29 is 9.59 Å². The van der Waals surface area contributed by atoms with Gasteiger partial charge >= 0.3 is 0 Å². The van der Waals surface area contributed by atoms with Crippen molar-refractivity contribution in [2.45, 2.75) is 51.5 Å². The minimum atomic E-state index is -0.300. The zero-order valence-electron chi connectivity index (χ0n) is 13.4. The van der Waals surface area contributed by atoms with Crippen LogP contribution in [-0.2, 0) is 9.59 Å². The number of rotatable bonds is 5. The van der Waals surface area contributed by atoms with Gasteiger partial charge in [0, 0.05) is 20.0 Å². The number of nitrogens with zero attached hydrogens (tertiary/aromatic N) is 1. The molecule has 1 saturated carbocycles. The first-order chi connectivity index (χ1) is 10.1. The zero-order valence-corrected chi connectivity index (χ0v) is 13.4. The van der Waals surface area contributed by atoms with E-state index in [0.717, 1.165) is 45.3 Å². The highest BCUT2D eigenvalue weighted by molar-refractivity contribution is 5.87. The molecule has 0 aromatic rings. The normalized spacial score (nSPS) is 22.3. The van der Waals surface area contributed by atoms with Gasteiger partial charge < -0.3 is 15.5 Å². The fraction of sp³-hybridized carbons (Fsp3) is 0.875. The summed E-state index contributed by atoms with van der Waals surface area (Å²) in [5.41, 5.74) is 0. The van der Waals surface area contributed by atoms with E-state index in [4.69, 9.17) is 0 Å². The van der Waals surface area contributed by atoms with Gasteiger partial charge in [-0.2, -0.15) is 0 Å². The standard InChI is InChI=1S/C16H29N3O2/c1-12(20)18-15(14-5-3-4-6-14)16(21)19-9-7-13(8-10-19)11-17-2/h13-15,17H,3-11H2,1-2H3,(H,18,20). The lowest BCUT2D eigenvalue weighted by molar-refractivity contribution is -0.138. The van der Waals surface area contributed by atoms with Crippen LogP contribution in [0.25, 0.3) is 0 Å². The second kappa shape index (κ2) is 7.78. The van der Waals surface area contributed by atoms with Crippen LogP contribution in [0.4, 0.5) is 0 Å². The molecule has 0 aromatic carbocycles. The maximum Gasteiger partial charge on any atom is 0.245 e. The van der Waals surface area contributed by atoms with Gasteiger partial charge in [-0.3, -0.25) is 9.59 Å². The van der Waals surface area contributed by atoms with Crippen LogP contribution < -0.4 is 10.6 Å². The molecule has 0 spiro atoms. The van der Waals surface area contributed by atoms with Gasteiger partial charge in [0.15, 0.2) is 0 Å². The third-order valence-electron chi connectivity index (χ3n) is 4.92. The molecule has 0 aromatic heterocycles. The van der Waals surface area contributed by atoms with Gasteiger partial charge in [0.2, 0.25) is 11.8 Å². The number of carbonyl (C=O) groups is 2. The van der Waals surface area contributed by atoms with E-state index in [1.807, 2.05) is 11.9 Å². The number of amides is 2. The minimum absolute atomic E-state index is 0.0923. The van der Waals surface area contributed by atoms with Crippen LogP contribution in [0, 0.1) is 11.8 Å². The Hall–Kier alpha value is -1.10. The maximum atomic E-state index is 12.8. The Bertz CT molecular complexity index is 359. The summed E-state index contributed by atoms with van der Waals surface area (Å²) >= 11 is 0. The van der Waals surface area contributed by atoms with Crippen molar-refractivity contribution in [3.05, 3.63) is 0 Å². The van der Waals surface area contributed by atoms with Crippen LogP contribution in [0.2, 0.25) is 0 Å². The zero-order chi connectivity index (χ0) is 15.2. The van der Waals surface area contributed by atoms with E-state index in [9.17, 15) is 9.59 Å². The smallest absolute Gasteiger partial charge is 0.245 e. The van der Waals surface area contributed by atoms with Crippen molar-refractivity contribution in [1.82, 2.24) is 15.5 Å². The lowest BCUT2D eigenvalue weighted by atomic mass is 9.93. The van der Waals surface area contributed by atoms with Crippen molar-refractivity contribution in [2.24, 2.45) is 11.8 Å². The Morgan fingerprint density at radius 1 is 1.14 bits per heavy atom. The van der Waals surface area contributed by atoms with Crippen LogP contribution in [0.3, 0.4) is 0 Å². The fourth-order valence-electron chi connectivity index (χ4n) is 3.73. The number of nitrogens with one attached hydrogen (secondary N) is 2. The largest absolute Gasteiger partial charge is 0.344 e. The lowest BCUT2D eigenvalue weighted by Gasteiger charge is -2.35. The van der Waals surface area contributed by atoms with E-state index in [0.29, 0.717) is 11.8 Å². The Balaban J connectivity index is 1.93. The number of likely N-dealkylation sites (tertiary alicyclic amines) is 1. The summed E-state index contributed by atoms with van der Waals surface area (Å²) in [6.07, 6.45) is 6.60. The predicted octanol–water partition coefficient (Wildman–Crippen LogP) is 1.14. The average Bonchev–Trinajstić information content (AvgIpc) is 2.99. The van der Waals surface area contributed by atoms with Gasteiger partial charge in [0.25, 0.3) is 0 Å². The lowest BCUT2D eigenvalue weighted by Crippen LogP contribution is -2.53. The van der Waals surface area contributed by atoms with Crippen LogP contribution in [0.15, 0.2) is 0 Å². The second-order valence-corrected chi connectivity index (χ2v) is 6.55. The van der Waals surface area contributed by atoms with Crippen LogP contribution in [0.1, 0.15) is 45.4 Å². The van der Waals surface area contributed by atoms with Crippen molar-refractivity contribution in [1.29, 1.82) is 0 Å². The van der Waals surface area contributed by atoms with E-state index in [1.54, 1.807) is 0 Å². The van der Waals surface area contributed by atoms with Gasteiger partial charge in [-0.15, -0.1) is 0 Å². The van der Waals surface area contributed by atoms with E-state index in [-0.39, 0.29) is 17.9 Å². The van der Waals surface area contributed by atoms with Gasteiger partial charge in [0.05, 0.1) is 0 Å². The summed E-state index contributed by atoms with van der Waals surface area (Å²) < 4.78 is 0. The quantitative estimate of drug-likeness (QED) is 0.799. The van der Waals surface area contributed by atoms with E-state index in [1.165, 1.54) is 19.8 Å². The van der Waals surface area contributed by atoms with E-state index in [2.05, 4.69) is 10.6 Å². The number of piperidine rings is 1. The van der Waals surface area contributed by atoms with Gasteiger partial charge in [-0.1, -0.05) is 12.8 Å². The molecule has 2 fully saturated rings. The molecular formula is C16H29N3O2. The van der Waals surface area contributed by atoms with Gasteiger partial charge in [-0.05, 0) is 51.1 Å². The first kappa shape index (κ1) is 16.3. The third kappa shape index (κ3) is 4.43. The summed E-state index contributed by atoms with van der Waals surface area (Å²) in [7, 11) is 1.98. The molecule has 1 aliphatic carbocycles. The Morgan fingerprint density at radius 2 is 1.76 bits per heavy atom. The third-order valence-corrected chi connectivity index (χ3v) is 4.92. The number of carbonyl (C=O) groups excluding carboxylic acids is 2. The molecule has 1 unspecified atom stereocenters. The highest BCUT2D eigenvalue weighted by Crippen LogP contribution is 2.29. The highest BCUT2D eigenvalue weighted by Gasteiger charge is 2.35. The fourth-order valence-corrected chi connectivity index (χ4v) is 3.73. The van der Waals surface area contributed by atoms with Gasteiger partial charge in [-0.25, -0.2) is 0 Å². The molecule has 5 heteroatoms. The van der Waals surface area contributed by atoms with E-state index < -0.39 is 0 Å². The topological polar surface area (TPSA) is 61.4 Å². The second-order valence-electron chi connectivity index (χ2n) is 6.55. The van der Waals surface area contributed by atoms with Crippen molar-refractivity contribution in [2.75, 3.05) is 26.7 Å². The number of hydrogen-bond donors (Lipinski definition) is 2. The molecule has 0 radical (unpaired) electrons. The molecule has 2 amide bonds. The average molecular weight is 295 g/mol. The Labute approximate surface area is 127 Å². The monoisotopic (exact) mass is 295 g/mol. The van der Waals surface area contributed by atoms with E-state index >= 15 is 0 Å². The molecule has 21 heavy (non-hydrogen) atoms. The van der Waals surface area contributed by atoms with Gasteiger partial charge in [0.1, 0.15) is 6.04 Å². The van der Waals surface area contributed by atoms with Crippen molar-refractivity contribution >= 4 is 11.8 Å².